The van der Waals surface area contributed by atoms with Crippen LogP contribution >= 0.6 is 0 Å². The highest BCUT2D eigenvalue weighted by molar-refractivity contribution is 6.02. The van der Waals surface area contributed by atoms with Crippen LogP contribution in [-0.2, 0) is 13.5 Å². The second-order valence-electron chi connectivity index (χ2n) is 5.31. The zero-order valence-corrected chi connectivity index (χ0v) is 11.1. The molecule has 0 aromatic carbocycles. The van der Waals surface area contributed by atoms with Crippen LogP contribution < -0.4 is 10.7 Å². The molecule has 0 spiro atoms. The summed E-state index contributed by atoms with van der Waals surface area (Å²) < 4.78 is 1.89. The van der Waals surface area contributed by atoms with E-state index in [-0.39, 0.29) is 6.03 Å². The van der Waals surface area contributed by atoms with Gasteiger partial charge in [-0.3, -0.25) is 4.68 Å². The Balaban J connectivity index is 1.62. The van der Waals surface area contributed by atoms with Gasteiger partial charge in [0.15, 0.2) is 0 Å². The number of nitrogens with one attached hydrogen (secondary N) is 2. The summed E-state index contributed by atoms with van der Waals surface area (Å²) in [6, 6.07) is -0.213. The lowest BCUT2D eigenvalue weighted by atomic mass is 9.96. The Morgan fingerprint density at radius 3 is 3.16 bits per heavy atom. The fraction of sp³-hybridized carbons (Fsp3) is 0.615. The average molecular weight is 261 g/mol. The number of hydrazone groups is 1. The molecule has 1 fully saturated rings. The van der Waals surface area contributed by atoms with Crippen LogP contribution in [0.15, 0.2) is 11.3 Å². The first-order valence-corrected chi connectivity index (χ1v) is 6.85. The van der Waals surface area contributed by atoms with Gasteiger partial charge in [0.25, 0.3) is 0 Å². The summed E-state index contributed by atoms with van der Waals surface area (Å²) in [6.07, 6.45) is 7.26. The van der Waals surface area contributed by atoms with Gasteiger partial charge in [0.2, 0.25) is 0 Å². The van der Waals surface area contributed by atoms with Crippen LogP contribution in [-0.4, -0.2) is 28.1 Å². The highest BCUT2D eigenvalue weighted by Gasteiger charge is 2.22. The van der Waals surface area contributed by atoms with E-state index in [1.54, 1.807) is 0 Å². The zero-order chi connectivity index (χ0) is 13.2. The molecule has 2 aliphatic carbocycles. The van der Waals surface area contributed by atoms with E-state index in [2.05, 4.69) is 20.9 Å². The van der Waals surface area contributed by atoms with Gasteiger partial charge in [0, 0.05) is 24.8 Å². The number of nitrogens with zero attached hydrogens (tertiary/aromatic N) is 3. The molecule has 0 unspecified atom stereocenters. The summed E-state index contributed by atoms with van der Waals surface area (Å²) in [5.74, 6) is 0.679. The largest absolute Gasteiger partial charge is 0.336 e. The summed E-state index contributed by atoms with van der Waals surface area (Å²) in [5, 5.41) is 11.3. The van der Waals surface area contributed by atoms with Gasteiger partial charge in [-0.25, -0.2) is 10.2 Å². The molecule has 2 N–H and O–H groups in total. The average Bonchev–Trinajstić information content (AvgIpc) is 3.18. The molecule has 2 amide bonds. The number of carbonyl (C=O) groups is 1. The van der Waals surface area contributed by atoms with Crippen molar-refractivity contribution in [1.29, 1.82) is 0 Å². The molecule has 0 aliphatic heterocycles. The van der Waals surface area contributed by atoms with Crippen molar-refractivity contribution in [1.82, 2.24) is 20.5 Å². The summed E-state index contributed by atoms with van der Waals surface area (Å²) in [4.78, 5) is 11.6. The van der Waals surface area contributed by atoms with Crippen LogP contribution in [0.2, 0.25) is 0 Å². The Labute approximate surface area is 112 Å². The van der Waals surface area contributed by atoms with Crippen molar-refractivity contribution >= 4 is 11.7 Å². The minimum Gasteiger partial charge on any atom is -0.336 e. The molecular weight excluding hydrogens is 242 g/mol. The van der Waals surface area contributed by atoms with E-state index in [0.717, 1.165) is 37.1 Å². The van der Waals surface area contributed by atoms with E-state index in [1.165, 1.54) is 18.5 Å². The van der Waals surface area contributed by atoms with Gasteiger partial charge < -0.3 is 5.32 Å². The van der Waals surface area contributed by atoms with Gasteiger partial charge in [0.05, 0.1) is 11.9 Å². The number of rotatable bonds is 3. The number of aryl methyl sites for hydroxylation is 1. The van der Waals surface area contributed by atoms with E-state index in [0.29, 0.717) is 5.92 Å². The predicted molar refractivity (Wildman–Crippen MR) is 71.9 cm³/mol. The maximum absolute atomic E-state index is 11.6. The Morgan fingerprint density at radius 2 is 2.37 bits per heavy atom. The zero-order valence-electron chi connectivity index (χ0n) is 11.1. The van der Waals surface area contributed by atoms with Gasteiger partial charge in [-0.05, 0) is 38.0 Å². The van der Waals surface area contributed by atoms with Crippen LogP contribution in [0.4, 0.5) is 4.79 Å². The third-order valence-corrected chi connectivity index (χ3v) is 3.74. The second kappa shape index (κ2) is 5.03. The molecule has 0 bridgehead atoms. The van der Waals surface area contributed by atoms with E-state index >= 15 is 0 Å². The van der Waals surface area contributed by atoms with Crippen LogP contribution in [0.1, 0.15) is 36.9 Å². The quantitative estimate of drug-likeness (QED) is 0.802. The summed E-state index contributed by atoms with van der Waals surface area (Å²) in [6.45, 7) is 0.759. The van der Waals surface area contributed by atoms with E-state index < -0.39 is 0 Å². The molecule has 6 heteroatoms. The Bertz CT molecular complexity index is 515. The standard InChI is InChI=1S/C13H19N5O/c1-18-12-4-2-3-11(10(12)8-15-18)16-17-13(19)14-7-9-5-6-9/h8-9H,2-7H2,1H3,(H2,14,17,19). The minimum atomic E-state index is -0.213. The third kappa shape index (κ3) is 2.77. The van der Waals surface area contributed by atoms with Crippen molar-refractivity contribution in [2.75, 3.05) is 6.54 Å². The molecule has 1 heterocycles. The van der Waals surface area contributed by atoms with E-state index in [1.807, 2.05) is 17.9 Å². The van der Waals surface area contributed by atoms with Crippen molar-refractivity contribution < 1.29 is 4.79 Å². The third-order valence-electron chi connectivity index (χ3n) is 3.74. The van der Waals surface area contributed by atoms with Crippen molar-refractivity contribution in [2.24, 2.45) is 18.1 Å². The smallest absolute Gasteiger partial charge is 0.335 e. The Morgan fingerprint density at radius 1 is 1.53 bits per heavy atom. The molecule has 1 saturated carbocycles. The molecule has 1 aromatic rings. The molecule has 0 saturated heterocycles. The second-order valence-corrected chi connectivity index (χ2v) is 5.31. The summed E-state index contributed by atoms with van der Waals surface area (Å²) in [5.41, 5.74) is 5.78. The maximum atomic E-state index is 11.6. The van der Waals surface area contributed by atoms with Crippen molar-refractivity contribution in [2.45, 2.75) is 32.1 Å². The van der Waals surface area contributed by atoms with Crippen LogP contribution in [0.25, 0.3) is 0 Å². The first kappa shape index (κ1) is 12.2. The number of amides is 2. The van der Waals surface area contributed by atoms with Crippen LogP contribution in [0.3, 0.4) is 0 Å². The van der Waals surface area contributed by atoms with Crippen molar-refractivity contribution in [3.8, 4) is 0 Å². The van der Waals surface area contributed by atoms with Crippen molar-refractivity contribution in [3.63, 3.8) is 0 Å². The van der Waals surface area contributed by atoms with Gasteiger partial charge in [-0.2, -0.15) is 10.2 Å². The highest BCUT2D eigenvalue weighted by atomic mass is 16.2. The Kier molecular flexibility index (Phi) is 3.23. The molecular formula is C13H19N5O. The van der Waals surface area contributed by atoms with Gasteiger partial charge in [0.1, 0.15) is 0 Å². The van der Waals surface area contributed by atoms with Gasteiger partial charge in [-0.1, -0.05) is 0 Å². The molecule has 3 rings (SSSR count). The lowest BCUT2D eigenvalue weighted by molar-refractivity contribution is 0.241. The Hall–Kier alpha value is -1.85. The molecule has 19 heavy (non-hydrogen) atoms. The number of hydrogen-bond acceptors (Lipinski definition) is 3. The first-order chi connectivity index (χ1) is 9.24. The molecule has 102 valence electrons. The molecule has 6 nitrogen and oxygen atoms in total. The molecule has 0 radical (unpaired) electrons. The number of aromatic nitrogens is 2. The number of carbonyl (C=O) groups excluding carboxylic acids is 1. The topological polar surface area (TPSA) is 71.3 Å². The maximum Gasteiger partial charge on any atom is 0.335 e. The number of fused-ring (bicyclic) bond motifs is 1. The van der Waals surface area contributed by atoms with Crippen molar-refractivity contribution in [3.05, 3.63) is 17.5 Å². The highest BCUT2D eigenvalue weighted by Crippen LogP contribution is 2.27. The van der Waals surface area contributed by atoms with Gasteiger partial charge in [-0.15, -0.1) is 0 Å². The minimum absolute atomic E-state index is 0.213. The summed E-state index contributed by atoms with van der Waals surface area (Å²) >= 11 is 0. The van der Waals surface area contributed by atoms with Crippen LogP contribution in [0.5, 0.6) is 0 Å². The number of urea groups is 1. The van der Waals surface area contributed by atoms with Gasteiger partial charge >= 0.3 is 6.03 Å². The molecule has 2 aliphatic rings. The lowest BCUT2D eigenvalue weighted by Crippen LogP contribution is -2.34. The van der Waals surface area contributed by atoms with E-state index in [4.69, 9.17) is 0 Å². The predicted octanol–water partition coefficient (Wildman–Crippen LogP) is 1.17. The first-order valence-electron chi connectivity index (χ1n) is 6.85. The fourth-order valence-electron chi connectivity index (χ4n) is 2.39. The monoisotopic (exact) mass is 261 g/mol. The fourth-order valence-corrected chi connectivity index (χ4v) is 2.39. The van der Waals surface area contributed by atoms with Crippen LogP contribution in [0, 0.1) is 5.92 Å². The normalized spacial score (nSPS) is 20.2. The molecule has 0 atom stereocenters. The summed E-state index contributed by atoms with van der Waals surface area (Å²) in [7, 11) is 1.94. The SMILES string of the molecule is Cn1ncc2c1CCCC2=NNC(=O)NCC1CC1. The lowest BCUT2D eigenvalue weighted by Gasteiger charge is -2.14. The molecule has 1 aromatic heterocycles. The number of hydrogen-bond donors (Lipinski definition) is 2. The van der Waals surface area contributed by atoms with E-state index in [9.17, 15) is 4.79 Å².